The van der Waals surface area contributed by atoms with Crippen LogP contribution in [0.5, 0.6) is 0 Å². The number of carboxylic acids is 1. The molecule has 0 heterocycles. The van der Waals surface area contributed by atoms with E-state index in [0.29, 0.717) is 17.8 Å². The molecule has 5 heteroatoms. The van der Waals surface area contributed by atoms with Gasteiger partial charge in [0.05, 0.1) is 16.7 Å². The van der Waals surface area contributed by atoms with Gasteiger partial charge >= 0.3 is 11.9 Å². The lowest BCUT2D eigenvalue weighted by Crippen LogP contribution is -2.53. The van der Waals surface area contributed by atoms with Crippen LogP contribution in [0.3, 0.4) is 0 Å². The summed E-state index contributed by atoms with van der Waals surface area (Å²) >= 11 is 0. The van der Waals surface area contributed by atoms with Crippen molar-refractivity contribution in [2.24, 2.45) is 28.6 Å². The van der Waals surface area contributed by atoms with E-state index in [1.807, 2.05) is 6.92 Å². The number of aromatic carboxylic acids is 1. The molecule has 0 bridgehead atoms. The topological polar surface area (TPSA) is 83.8 Å². The van der Waals surface area contributed by atoms with E-state index in [9.17, 15) is 19.8 Å². The third kappa shape index (κ3) is 3.38. The van der Waals surface area contributed by atoms with Gasteiger partial charge in [0.2, 0.25) is 0 Å². The molecular weight excluding hydrogens is 416 g/mol. The van der Waals surface area contributed by atoms with Crippen LogP contribution in [0.15, 0.2) is 35.9 Å². The maximum atomic E-state index is 12.8. The summed E-state index contributed by atoms with van der Waals surface area (Å²) in [6, 6.07) is 6.26. The Morgan fingerprint density at radius 2 is 1.67 bits per heavy atom. The number of benzene rings is 1. The molecule has 0 radical (unpaired) electrons. The number of carbonyl (C=O) groups is 2. The summed E-state index contributed by atoms with van der Waals surface area (Å²) in [6.07, 6.45) is 10.0. The predicted molar refractivity (Wildman–Crippen MR) is 125 cm³/mol. The average molecular weight is 453 g/mol. The Balaban J connectivity index is 1.33. The first-order chi connectivity index (χ1) is 15.6. The van der Waals surface area contributed by atoms with Gasteiger partial charge in [0.15, 0.2) is 0 Å². The molecule has 7 atom stereocenters. The van der Waals surface area contributed by atoms with Crippen LogP contribution >= 0.6 is 0 Å². The number of esters is 1. The van der Waals surface area contributed by atoms with Gasteiger partial charge in [0, 0.05) is 6.42 Å². The second kappa shape index (κ2) is 7.69. The summed E-state index contributed by atoms with van der Waals surface area (Å²) in [4.78, 5) is 24.3. The molecular formula is C28H36O5. The minimum atomic E-state index is -1.12. The van der Waals surface area contributed by atoms with E-state index in [0.717, 1.165) is 51.4 Å². The minimum absolute atomic E-state index is 0.0134. The van der Waals surface area contributed by atoms with Crippen molar-refractivity contribution in [3.63, 3.8) is 0 Å². The first-order valence-electron chi connectivity index (χ1n) is 12.5. The zero-order valence-corrected chi connectivity index (χ0v) is 20.0. The lowest BCUT2D eigenvalue weighted by molar-refractivity contribution is -0.115. The fourth-order valence-corrected chi connectivity index (χ4v) is 8.03. The second-order valence-corrected chi connectivity index (χ2v) is 11.6. The minimum Gasteiger partial charge on any atom is -0.478 e. The van der Waals surface area contributed by atoms with E-state index >= 15 is 0 Å². The molecule has 0 spiro atoms. The lowest BCUT2D eigenvalue weighted by atomic mass is 9.47. The summed E-state index contributed by atoms with van der Waals surface area (Å²) in [5.74, 6) is 0.151. The van der Waals surface area contributed by atoms with Crippen LogP contribution in [-0.2, 0) is 4.74 Å². The molecule has 5 rings (SSSR count). The van der Waals surface area contributed by atoms with Crippen molar-refractivity contribution in [1.82, 2.24) is 0 Å². The third-order valence-corrected chi connectivity index (χ3v) is 10.3. The van der Waals surface area contributed by atoms with E-state index in [4.69, 9.17) is 4.74 Å². The lowest BCUT2D eigenvalue weighted by Gasteiger charge is -2.58. The maximum Gasteiger partial charge on any atom is 0.339 e. The Bertz CT molecular complexity index is 1010. The fourth-order valence-electron chi connectivity index (χ4n) is 8.03. The molecule has 1 aromatic rings. The Labute approximate surface area is 196 Å². The molecule has 4 aliphatic carbocycles. The molecule has 0 aromatic heterocycles. The average Bonchev–Trinajstić information content (AvgIpc) is 3.03. The van der Waals surface area contributed by atoms with Crippen LogP contribution in [0.1, 0.15) is 92.9 Å². The van der Waals surface area contributed by atoms with E-state index < -0.39 is 17.5 Å². The number of hydrogen-bond donors (Lipinski definition) is 2. The molecule has 33 heavy (non-hydrogen) atoms. The van der Waals surface area contributed by atoms with E-state index in [1.54, 1.807) is 12.1 Å². The Morgan fingerprint density at radius 3 is 2.39 bits per heavy atom. The highest BCUT2D eigenvalue weighted by Gasteiger charge is 2.62. The summed E-state index contributed by atoms with van der Waals surface area (Å²) in [6.45, 7) is 6.76. The number of carbonyl (C=O) groups excluding carboxylic acids is 1. The highest BCUT2D eigenvalue weighted by Crippen LogP contribution is 2.67. The van der Waals surface area contributed by atoms with Gasteiger partial charge in [-0.1, -0.05) is 37.6 Å². The Hall–Kier alpha value is -2.14. The number of ether oxygens (including phenoxy) is 1. The highest BCUT2D eigenvalue weighted by molar-refractivity contribution is 6.02. The van der Waals surface area contributed by atoms with Gasteiger partial charge < -0.3 is 14.9 Å². The smallest absolute Gasteiger partial charge is 0.339 e. The molecule has 0 amide bonds. The summed E-state index contributed by atoms with van der Waals surface area (Å²) in [7, 11) is 0. The molecule has 4 aliphatic rings. The van der Waals surface area contributed by atoms with E-state index in [2.05, 4.69) is 19.9 Å². The van der Waals surface area contributed by atoms with Crippen LogP contribution in [-0.4, -0.2) is 33.9 Å². The number of fused-ring (bicyclic) bond motifs is 5. The van der Waals surface area contributed by atoms with Crippen molar-refractivity contribution < 1.29 is 24.5 Å². The van der Waals surface area contributed by atoms with Crippen LogP contribution < -0.4 is 0 Å². The van der Waals surface area contributed by atoms with Crippen molar-refractivity contribution in [2.45, 2.75) is 83.8 Å². The van der Waals surface area contributed by atoms with Crippen LogP contribution in [0.25, 0.3) is 0 Å². The SMILES string of the molecule is C[C@]12CC[C@H](OC(=O)c3ccccc3C(=O)O)CC1=CC[C@@H]1[C@@H]2CC[C@@]2(C)[C@H]1CC[C@]2(C)O. The number of carboxylic acid groups (broad SMARTS) is 1. The van der Waals surface area contributed by atoms with E-state index in [-0.39, 0.29) is 28.1 Å². The van der Waals surface area contributed by atoms with Gasteiger partial charge in [0.25, 0.3) is 0 Å². The molecule has 5 nitrogen and oxygen atoms in total. The number of rotatable bonds is 3. The quantitative estimate of drug-likeness (QED) is 0.459. The maximum absolute atomic E-state index is 12.8. The molecule has 178 valence electrons. The normalized spacial score (nSPS) is 41.9. The monoisotopic (exact) mass is 452 g/mol. The van der Waals surface area contributed by atoms with Crippen LogP contribution in [0, 0.1) is 28.6 Å². The van der Waals surface area contributed by atoms with Crippen molar-refractivity contribution >= 4 is 11.9 Å². The van der Waals surface area contributed by atoms with Crippen molar-refractivity contribution in [1.29, 1.82) is 0 Å². The molecule has 1 aromatic carbocycles. The van der Waals surface area contributed by atoms with Gasteiger partial charge in [-0.2, -0.15) is 0 Å². The predicted octanol–water partition coefficient (Wildman–Crippen LogP) is 5.62. The summed E-state index contributed by atoms with van der Waals surface area (Å²) in [5, 5.41) is 20.5. The Morgan fingerprint density at radius 1 is 0.970 bits per heavy atom. The standard InChI is InChI=1S/C28H36O5/c1-26-13-10-18(33-25(31)20-7-5-4-6-19(20)24(29)30)16-17(26)8-9-21-22(26)11-14-27(2)23(21)12-15-28(27,3)32/h4-8,18,21-23,32H,9-16H2,1-3H3,(H,29,30)/t18-,21+,22-,23-,26-,27-,28-/m0/s1. The highest BCUT2D eigenvalue weighted by atomic mass is 16.5. The van der Waals surface area contributed by atoms with E-state index in [1.165, 1.54) is 17.7 Å². The van der Waals surface area contributed by atoms with Crippen molar-refractivity contribution in [3.8, 4) is 0 Å². The third-order valence-electron chi connectivity index (χ3n) is 10.3. The van der Waals surface area contributed by atoms with Crippen LogP contribution in [0.2, 0.25) is 0 Å². The molecule has 2 N–H and O–H groups in total. The van der Waals surface area contributed by atoms with Crippen molar-refractivity contribution in [2.75, 3.05) is 0 Å². The molecule has 3 saturated carbocycles. The number of allylic oxidation sites excluding steroid dienone is 1. The fraction of sp³-hybridized carbons (Fsp3) is 0.643. The van der Waals surface area contributed by atoms with Crippen LogP contribution in [0.4, 0.5) is 0 Å². The van der Waals surface area contributed by atoms with Gasteiger partial charge in [-0.05, 0) is 92.6 Å². The molecule has 3 fully saturated rings. The first-order valence-corrected chi connectivity index (χ1v) is 12.5. The molecule has 0 unspecified atom stereocenters. The zero-order chi connectivity index (χ0) is 23.6. The molecule has 0 aliphatic heterocycles. The number of hydrogen-bond acceptors (Lipinski definition) is 4. The molecule has 0 saturated heterocycles. The largest absolute Gasteiger partial charge is 0.478 e. The van der Waals surface area contributed by atoms with Crippen molar-refractivity contribution in [3.05, 3.63) is 47.0 Å². The van der Waals surface area contributed by atoms with Gasteiger partial charge in [-0.3, -0.25) is 0 Å². The summed E-state index contributed by atoms with van der Waals surface area (Å²) in [5.41, 5.74) is 1.09. The van der Waals surface area contributed by atoms with Gasteiger partial charge in [-0.15, -0.1) is 0 Å². The Kier molecular flexibility index (Phi) is 5.28. The number of aliphatic hydroxyl groups is 1. The van der Waals surface area contributed by atoms with Gasteiger partial charge in [-0.25, -0.2) is 9.59 Å². The second-order valence-electron chi connectivity index (χ2n) is 11.6. The first kappa shape index (κ1) is 22.6. The zero-order valence-electron chi connectivity index (χ0n) is 20.0. The summed E-state index contributed by atoms with van der Waals surface area (Å²) < 4.78 is 5.83. The van der Waals surface area contributed by atoms with Gasteiger partial charge in [0.1, 0.15) is 6.10 Å².